The largest absolute Gasteiger partial charge is 0.507 e. The molecule has 94 heavy (non-hydrogen) atoms. The normalized spacial score (nSPS) is 24.3. The minimum atomic E-state index is -1.27. The molecule has 8 rings (SSSR count). The van der Waals surface area contributed by atoms with Gasteiger partial charge in [-0.3, -0.25) is 53.2 Å². The van der Waals surface area contributed by atoms with Crippen molar-refractivity contribution in [3.63, 3.8) is 0 Å². The van der Waals surface area contributed by atoms with Crippen LogP contribution in [0.5, 0.6) is 5.75 Å². The average molecular weight is 1420 g/mol. The molecule has 0 aliphatic carbocycles. The van der Waals surface area contributed by atoms with Gasteiger partial charge in [0.1, 0.15) is 48.5 Å². The van der Waals surface area contributed by atoms with E-state index in [0.29, 0.717) is 27.7 Å². The summed E-state index contributed by atoms with van der Waals surface area (Å²) in [5.74, 6) is -4.80. The number of phenolic OH excluding ortho intramolecular Hbond substituents is 1. The van der Waals surface area contributed by atoms with Gasteiger partial charge >= 0.3 is 0 Å². The number of amides is 9. The Morgan fingerprint density at radius 2 is 1.32 bits per heavy atom. The van der Waals surface area contributed by atoms with Gasteiger partial charge in [-0.2, -0.15) is 5.01 Å². The Kier molecular flexibility index (Phi) is 29.7. The molecule has 5 aliphatic heterocycles. The molecule has 18 N–H and O–H groups in total. The van der Waals surface area contributed by atoms with E-state index in [1.165, 1.54) is 23.0 Å². The number of nitrogens with one attached hydrogen (secondary N) is 13. The topological polar surface area (TPSA) is 403 Å². The van der Waals surface area contributed by atoms with Crippen LogP contribution in [-0.4, -0.2) is 235 Å². The third kappa shape index (κ3) is 24.5. The van der Waals surface area contributed by atoms with Crippen molar-refractivity contribution in [3.8, 4) is 5.75 Å². The minimum Gasteiger partial charge on any atom is -0.507 e. The van der Waals surface area contributed by atoms with Gasteiger partial charge in [-0.15, -0.1) is 0 Å². The quantitative estimate of drug-likeness (QED) is 0.0157. The molecule has 0 radical (unpaired) electrons. The number of halogens is 1. The number of likely N-dealkylation sites (N-methyl/N-ethyl adjacent to an activating group) is 1. The number of nitrogens with two attached hydrogens (primary N) is 2. The van der Waals surface area contributed by atoms with Crippen LogP contribution < -0.4 is 80.3 Å². The van der Waals surface area contributed by atoms with Gasteiger partial charge in [0.05, 0.1) is 36.4 Å². The summed E-state index contributed by atoms with van der Waals surface area (Å²) in [5, 5.41) is 53.1. The van der Waals surface area contributed by atoms with E-state index in [-0.39, 0.29) is 138 Å². The Bertz CT molecular complexity index is 3080. The molecule has 5 fully saturated rings. The van der Waals surface area contributed by atoms with Crippen LogP contribution in [0, 0.1) is 8.99 Å². The Hall–Kier alpha value is -7.33. The summed E-state index contributed by atoms with van der Waals surface area (Å²) in [6.45, 7) is 12.7. The number of aliphatic imine (C=N–C) groups is 1. The van der Waals surface area contributed by atoms with Crippen LogP contribution >= 0.6 is 22.6 Å². The molecular weight excluding hydrogens is 1320 g/mol. The molecule has 5 heterocycles. The number of carbonyl (C=O) groups excluding carboxylic acids is 9. The monoisotopic (exact) mass is 1420 g/mol. The fourth-order valence-electron chi connectivity index (χ4n) is 12.2. The van der Waals surface area contributed by atoms with Crippen LogP contribution in [0.4, 0.5) is 0 Å². The highest BCUT2D eigenvalue weighted by Gasteiger charge is 2.47. The molecule has 0 aromatic heterocycles. The number of fused-ring (bicyclic) bond motifs is 12. The number of hydrogen-bond donors (Lipinski definition) is 16. The van der Waals surface area contributed by atoms with Crippen LogP contribution in [0.25, 0.3) is 10.8 Å². The lowest BCUT2D eigenvalue weighted by molar-refractivity contribution is -1.00. The first-order valence-electron chi connectivity index (χ1n) is 32.7. The van der Waals surface area contributed by atoms with Crippen LogP contribution in [0.2, 0.25) is 0 Å². The number of nitrogens with zero attached hydrogens (tertiary/aromatic N) is 3. The standard InChI is InChI=1S/C64H97IN18O11/c1-63-37-68-22-23-69-40-64(41-82(28-24-70-38-63)83(42-64)29-25-71-39-63)80-56(88)13-5-12-53(85)73-26-30-94-31-27-74-55(87)19-18-54(86)72-20-7-11-51-60(92)78-48(10-6-21-75-62(66)67)59(91)79-49(34-43-14-16-45-8-3-4-9-46(45)32-43)58(90)76-36-57(89)77-50(61(93)81(51)2)35-44-15-17-52(84)47(65)33-44/h3-4,8-9,14-17,32-33,48-51,68-71,84H,5-7,10-13,18-31,34-42H2,1-2H3,(H,72,86)(H,73,85)(H,74,87)(H,76,90)(H,77,89)(H,78,92)(H,79,91)(H,80,88)(H4,66,67,75)/p+1/t48-,49-,50+,51+,63?,64?/m0/s1. The van der Waals surface area contributed by atoms with Gasteiger partial charge in [-0.25, -0.2) is 0 Å². The number of benzene rings is 3. The highest BCUT2D eigenvalue weighted by Crippen LogP contribution is 2.23. The second kappa shape index (κ2) is 37.7. The van der Waals surface area contributed by atoms with Crippen LogP contribution in [0.1, 0.15) is 75.8 Å². The number of rotatable bonds is 26. The summed E-state index contributed by atoms with van der Waals surface area (Å²) in [6, 6.07) is 13.0. The molecule has 5 aliphatic rings. The lowest BCUT2D eigenvalue weighted by atomic mass is 9.90. The first-order valence-corrected chi connectivity index (χ1v) is 33.8. The SMILES string of the molecule is CN1C(=O)[C@@H](Cc2ccc(O)c(I)c2)NC(=O)CNC(=O)[C@H](Cc2ccc3ccccc3c2)NC(=O)[C@H](CCCN=C(N)N)NC(=O)[C@H]1CCCNC(=O)CCC(=O)NCCOCCNC(=O)CCCC(=O)NC12CNCCNCC3(C)CNCCN(C1)[NH+](CCNC3)C2. The fraction of sp³-hybridized carbons (Fsp3) is 0.594. The van der Waals surface area contributed by atoms with Gasteiger partial charge in [-0.1, -0.05) is 55.5 Å². The summed E-state index contributed by atoms with van der Waals surface area (Å²) >= 11 is 1.94. The number of ether oxygens (including phenoxy) is 1. The molecule has 3 aromatic rings. The van der Waals surface area contributed by atoms with Crippen molar-refractivity contribution >= 4 is 92.5 Å². The van der Waals surface area contributed by atoms with Crippen molar-refractivity contribution in [1.29, 1.82) is 0 Å². The van der Waals surface area contributed by atoms with E-state index in [1.54, 1.807) is 12.1 Å². The van der Waals surface area contributed by atoms with Crippen molar-refractivity contribution in [3.05, 3.63) is 75.4 Å². The summed E-state index contributed by atoms with van der Waals surface area (Å²) in [5.41, 5.74) is 12.1. The van der Waals surface area contributed by atoms with Crippen LogP contribution in [-0.2, 0) is 60.7 Å². The van der Waals surface area contributed by atoms with E-state index in [2.05, 4.69) is 80.7 Å². The second-order valence-electron chi connectivity index (χ2n) is 25.2. The Morgan fingerprint density at radius 1 is 0.691 bits per heavy atom. The van der Waals surface area contributed by atoms with Gasteiger partial charge in [0, 0.05) is 130 Å². The molecule has 30 heteroatoms. The van der Waals surface area contributed by atoms with Gasteiger partial charge in [-0.05, 0) is 88.7 Å². The first-order chi connectivity index (χ1) is 45.2. The Morgan fingerprint density at radius 3 is 2.04 bits per heavy atom. The molecule has 0 spiro atoms. The molecule has 9 amide bonds. The van der Waals surface area contributed by atoms with Gasteiger partial charge in [0.2, 0.25) is 53.2 Å². The Labute approximate surface area is 563 Å². The highest BCUT2D eigenvalue weighted by molar-refractivity contribution is 14.1. The third-order valence-electron chi connectivity index (χ3n) is 17.2. The predicted molar refractivity (Wildman–Crippen MR) is 362 cm³/mol. The summed E-state index contributed by atoms with van der Waals surface area (Å²) in [4.78, 5) is 128. The van der Waals surface area contributed by atoms with Crippen molar-refractivity contribution in [1.82, 2.24) is 73.7 Å². The lowest BCUT2D eigenvalue weighted by Gasteiger charge is -2.32. The maximum atomic E-state index is 14.6. The molecular formula is C64H98IN18O11+. The van der Waals surface area contributed by atoms with Crippen LogP contribution in [0.15, 0.2) is 65.7 Å². The average Bonchev–Trinajstić information content (AvgIpc) is 1.58. The van der Waals surface area contributed by atoms with Gasteiger partial charge < -0.3 is 90.0 Å². The van der Waals surface area contributed by atoms with E-state index < -0.39 is 71.7 Å². The van der Waals surface area contributed by atoms with E-state index >= 15 is 0 Å². The first kappa shape index (κ1) is 74.1. The fourth-order valence-corrected chi connectivity index (χ4v) is 12.7. The number of quaternary nitrogens is 1. The van der Waals surface area contributed by atoms with E-state index in [0.717, 1.165) is 82.8 Å². The predicted octanol–water partition coefficient (Wildman–Crippen LogP) is -4.14. The minimum absolute atomic E-state index is 0.0129. The lowest BCUT2D eigenvalue weighted by Crippen LogP contribution is -3.17. The number of carbonyl (C=O) groups is 9. The molecule has 516 valence electrons. The van der Waals surface area contributed by atoms with Crippen molar-refractivity contribution < 1.29 is 58.0 Å². The summed E-state index contributed by atoms with van der Waals surface area (Å²) in [6.07, 6.45) is 0.813. The maximum absolute atomic E-state index is 14.6. The molecule has 0 saturated carbocycles. The zero-order chi connectivity index (χ0) is 67.5. The molecule has 29 nitrogen and oxygen atoms in total. The number of hydrogen-bond acceptors (Lipinski definition) is 17. The molecule has 4 unspecified atom stereocenters. The third-order valence-corrected chi connectivity index (χ3v) is 18.1. The highest BCUT2D eigenvalue weighted by atomic mass is 127. The number of guanidine groups is 1. The second-order valence-corrected chi connectivity index (χ2v) is 26.3. The molecule has 8 atom stereocenters. The Balaban J connectivity index is 0.855. The summed E-state index contributed by atoms with van der Waals surface area (Å²) in [7, 11) is 1.40. The molecule has 5 saturated heterocycles. The smallest absolute Gasteiger partial charge is 0.245 e. The zero-order valence-corrected chi connectivity index (χ0v) is 56.4. The maximum Gasteiger partial charge on any atom is 0.245 e. The van der Waals surface area contributed by atoms with Crippen molar-refractivity contribution in [2.75, 3.05) is 132 Å². The van der Waals surface area contributed by atoms with E-state index in [1.807, 2.05) is 65.1 Å². The zero-order valence-electron chi connectivity index (χ0n) is 54.2. The van der Waals surface area contributed by atoms with Crippen molar-refractivity contribution in [2.24, 2.45) is 21.9 Å². The van der Waals surface area contributed by atoms with E-state index in [9.17, 15) is 48.3 Å². The molecule has 3 aromatic carbocycles. The van der Waals surface area contributed by atoms with Gasteiger partial charge in [0.25, 0.3) is 0 Å². The van der Waals surface area contributed by atoms with Crippen molar-refractivity contribution in [2.45, 2.75) is 107 Å². The summed E-state index contributed by atoms with van der Waals surface area (Å²) < 4.78 is 6.10. The molecule has 4 bridgehead atoms. The van der Waals surface area contributed by atoms with Crippen LogP contribution in [0.3, 0.4) is 0 Å². The number of phenols is 1. The number of aromatic hydroxyl groups is 1. The van der Waals surface area contributed by atoms with E-state index in [4.69, 9.17) is 16.2 Å². The van der Waals surface area contributed by atoms with Gasteiger partial charge in [0.15, 0.2) is 5.96 Å².